The predicted molar refractivity (Wildman–Crippen MR) is 52.9 cm³/mol. The van der Waals surface area contributed by atoms with Gasteiger partial charge in [-0.3, -0.25) is 4.79 Å². The Morgan fingerprint density at radius 3 is 2.86 bits per heavy atom. The average molecular weight is 196 g/mol. The van der Waals surface area contributed by atoms with Crippen molar-refractivity contribution in [2.75, 3.05) is 13.1 Å². The Morgan fingerprint density at radius 1 is 1.57 bits per heavy atom. The maximum absolute atomic E-state index is 11.7. The first-order valence-electron chi connectivity index (χ1n) is 4.94. The number of rotatable bonds is 5. The molecule has 0 spiro atoms. The van der Waals surface area contributed by atoms with E-state index in [1.165, 1.54) is 6.20 Å². The summed E-state index contributed by atoms with van der Waals surface area (Å²) in [7, 11) is 0. The second-order valence-electron chi connectivity index (χ2n) is 3.09. The van der Waals surface area contributed by atoms with Crippen molar-refractivity contribution in [3.8, 4) is 0 Å². The van der Waals surface area contributed by atoms with Gasteiger partial charge in [-0.25, -0.2) is 0 Å². The van der Waals surface area contributed by atoms with Crippen molar-refractivity contribution in [2.24, 2.45) is 0 Å². The number of carbonyl (C=O) groups is 1. The molecule has 0 aliphatic rings. The van der Waals surface area contributed by atoms with Gasteiger partial charge in [-0.15, -0.1) is 0 Å². The fourth-order valence-electron chi connectivity index (χ4n) is 1.22. The smallest absolute Gasteiger partial charge is 0.276 e. The number of aromatic amines is 1. The average Bonchev–Trinajstić information content (AvgIpc) is 2.71. The van der Waals surface area contributed by atoms with E-state index in [0.717, 1.165) is 19.4 Å². The number of hydrogen-bond acceptors (Lipinski definition) is 3. The molecule has 0 aliphatic carbocycles. The number of amides is 1. The Hall–Kier alpha value is -1.39. The van der Waals surface area contributed by atoms with Gasteiger partial charge in [0.1, 0.15) is 0 Å². The van der Waals surface area contributed by atoms with E-state index < -0.39 is 0 Å². The fourth-order valence-corrected chi connectivity index (χ4v) is 1.22. The number of nitrogens with one attached hydrogen (secondary N) is 1. The van der Waals surface area contributed by atoms with E-state index in [1.807, 2.05) is 6.92 Å². The highest BCUT2D eigenvalue weighted by atomic mass is 16.2. The highest BCUT2D eigenvalue weighted by Crippen LogP contribution is 2.01. The lowest BCUT2D eigenvalue weighted by Gasteiger charge is -2.18. The molecule has 0 fully saturated rings. The molecule has 0 saturated heterocycles. The van der Waals surface area contributed by atoms with Crippen LogP contribution in [0, 0.1) is 0 Å². The van der Waals surface area contributed by atoms with Gasteiger partial charge >= 0.3 is 0 Å². The highest BCUT2D eigenvalue weighted by Gasteiger charge is 2.15. The van der Waals surface area contributed by atoms with E-state index in [1.54, 1.807) is 4.90 Å². The van der Waals surface area contributed by atoms with E-state index in [9.17, 15) is 4.79 Å². The summed E-state index contributed by atoms with van der Waals surface area (Å²) in [5.74, 6) is -0.0466. The number of unbranched alkanes of at least 4 members (excludes halogenated alkanes) is 1. The maximum atomic E-state index is 11.7. The fraction of sp³-hybridized carbons (Fsp3) is 0.667. The third-order valence-electron chi connectivity index (χ3n) is 2.08. The molecule has 5 heteroatoms. The van der Waals surface area contributed by atoms with Crippen molar-refractivity contribution >= 4 is 5.91 Å². The van der Waals surface area contributed by atoms with Crippen LogP contribution in [0.2, 0.25) is 0 Å². The molecule has 1 amide bonds. The lowest BCUT2D eigenvalue weighted by Crippen LogP contribution is -2.32. The number of hydrogen-bond donors (Lipinski definition) is 1. The number of nitrogens with zero attached hydrogens (tertiary/aromatic N) is 3. The Morgan fingerprint density at radius 2 is 2.36 bits per heavy atom. The zero-order valence-corrected chi connectivity index (χ0v) is 8.66. The van der Waals surface area contributed by atoms with Crippen LogP contribution in [0.5, 0.6) is 0 Å². The summed E-state index contributed by atoms with van der Waals surface area (Å²) in [5.41, 5.74) is 0.392. The lowest BCUT2D eigenvalue weighted by atomic mass is 10.3. The van der Waals surface area contributed by atoms with Crippen LogP contribution in [0.1, 0.15) is 37.2 Å². The van der Waals surface area contributed by atoms with Crippen LogP contribution in [0.3, 0.4) is 0 Å². The van der Waals surface area contributed by atoms with Gasteiger partial charge in [0.2, 0.25) is 0 Å². The molecule has 0 unspecified atom stereocenters. The van der Waals surface area contributed by atoms with Crippen LogP contribution in [0.4, 0.5) is 0 Å². The summed E-state index contributed by atoms with van der Waals surface area (Å²) >= 11 is 0. The maximum Gasteiger partial charge on any atom is 0.276 e. The molecule has 5 nitrogen and oxygen atoms in total. The van der Waals surface area contributed by atoms with Crippen molar-refractivity contribution < 1.29 is 4.79 Å². The molecule has 14 heavy (non-hydrogen) atoms. The quantitative estimate of drug-likeness (QED) is 0.766. The van der Waals surface area contributed by atoms with Gasteiger partial charge in [-0.2, -0.15) is 15.4 Å². The van der Waals surface area contributed by atoms with Crippen molar-refractivity contribution in [3.63, 3.8) is 0 Å². The van der Waals surface area contributed by atoms with Crippen LogP contribution in [-0.2, 0) is 0 Å². The van der Waals surface area contributed by atoms with Gasteiger partial charge in [0.25, 0.3) is 5.91 Å². The topological polar surface area (TPSA) is 61.9 Å². The van der Waals surface area contributed by atoms with Gasteiger partial charge in [0.05, 0.1) is 6.20 Å². The SMILES string of the molecule is CCCCN(CC)C(=O)c1cn[nH]n1. The van der Waals surface area contributed by atoms with Crippen LogP contribution in [0.15, 0.2) is 6.20 Å². The zero-order chi connectivity index (χ0) is 10.4. The first kappa shape index (κ1) is 10.7. The van der Waals surface area contributed by atoms with Gasteiger partial charge in [0.15, 0.2) is 5.69 Å². The Kier molecular flexibility index (Phi) is 4.10. The second-order valence-corrected chi connectivity index (χ2v) is 3.09. The third-order valence-corrected chi connectivity index (χ3v) is 2.08. The summed E-state index contributed by atoms with van der Waals surface area (Å²) in [4.78, 5) is 13.5. The largest absolute Gasteiger partial charge is 0.337 e. The van der Waals surface area contributed by atoms with Gasteiger partial charge < -0.3 is 4.90 Å². The molecular weight excluding hydrogens is 180 g/mol. The number of carbonyl (C=O) groups excluding carboxylic acids is 1. The molecule has 0 saturated carbocycles. The molecule has 1 rings (SSSR count). The number of aromatic nitrogens is 3. The molecule has 1 heterocycles. The molecular formula is C9H16N4O. The van der Waals surface area contributed by atoms with Crippen LogP contribution >= 0.6 is 0 Å². The first-order chi connectivity index (χ1) is 6.79. The van der Waals surface area contributed by atoms with Crippen molar-refractivity contribution in [2.45, 2.75) is 26.7 Å². The molecule has 0 aliphatic heterocycles. The van der Waals surface area contributed by atoms with Crippen molar-refractivity contribution in [1.82, 2.24) is 20.3 Å². The van der Waals surface area contributed by atoms with Crippen molar-refractivity contribution in [3.05, 3.63) is 11.9 Å². The minimum Gasteiger partial charge on any atom is -0.337 e. The van der Waals surface area contributed by atoms with Crippen LogP contribution in [0.25, 0.3) is 0 Å². The van der Waals surface area contributed by atoms with E-state index in [0.29, 0.717) is 12.2 Å². The summed E-state index contributed by atoms with van der Waals surface area (Å²) in [6, 6.07) is 0. The highest BCUT2D eigenvalue weighted by molar-refractivity contribution is 5.91. The molecule has 0 aromatic carbocycles. The Balaban J connectivity index is 2.56. The standard InChI is InChI=1S/C9H16N4O/c1-3-5-6-13(4-2)9(14)8-7-10-12-11-8/h7H,3-6H2,1-2H3,(H,10,11,12). The Labute approximate surface area is 83.5 Å². The normalized spacial score (nSPS) is 10.1. The summed E-state index contributed by atoms with van der Waals surface area (Å²) in [6.07, 6.45) is 3.57. The molecule has 1 aromatic rings. The first-order valence-corrected chi connectivity index (χ1v) is 4.94. The molecule has 0 radical (unpaired) electrons. The molecule has 78 valence electrons. The summed E-state index contributed by atoms with van der Waals surface area (Å²) in [6.45, 7) is 5.58. The summed E-state index contributed by atoms with van der Waals surface area (Å²) < 4.78 is 0. The van der Waals surface area contributed by atoms with Gasteiger partial charge in [-0.05, 0) is 13.3 Å². The molecule has 0 atom stereocenters. The predicted octanol–water partition coefficient (Wildman–Crippen LogP) is 1.07. The Bertz CT molecular complexity index is 270. The minimum atomic E-state index is -0.0466. The van der Waals surface area contributed by atoms with Gasteiger partial charge in [0, 0.05) is 13.1 Å². The minimum absolute atomic E-state index is 0.0466. The molecule has 1 aromatic heterocycles. The van der Waals surface area contributed by atoms with Crippen LogP contribution in [-0.4, -0.2) is 39.3 Å². The third kappa shape index (κ3) is 2.55. The van der Waals surface area contributed by atoms with Crippen LogP contribution < -0.4 is 0 Å². The lowest BCUT2D eigenvalue weighted by molar-refractivity contribution is 0.0756. The second kappa shape index (κ2) is 5.36. The summed E-state index contributed by atoms with van der Waals surface area (Å²) in [5, 5.41) is 9.82. The monoisotopic (exact) mass is 196 g/mol. The number of H-pyrrole nitrogens is 1. The zero-order valence-electron chi connectivity index (χ0n) is 8.66. The van der Waals surface area contributed by atoms with E-state index in [-0.39, 0.29) is 5.91 Å². The van der Waals surface area contributed by atoms with E-state index in [4.69, 9.17) is 0 Å². The van der Waals surface area contributed by atoms with E-state index in [2.05, 4.69) is 22.3 Å². The van der Waals surface area contributed by atoms with Crippen molar-refractivity contribution in [1.29, 1.82) is 0 Å². The van der Waals surface area contributed by atoms with E-state index >= 15 is 0 Å². The molecule has 0 bridgehead atoms. The van der Waals surface area contributed by atoms with Gasteiger partial charge in [-0.1, -0.05) is 13.3 Å². The molecule has 1 N–H and O–H groups in total.